The second-order valence-electron chi connectivity index (χ2n) is 12.9. The molecule has 23 nitrogen and oxygen atoms in total. The predicted molar refractivity (Wildman–Crippen MR) is 183 cm³/mol. The van der Waals surface area contributed by atoms with Crippen molar-refractivity contribution in [1.82, 2.24) is 4.72 Å². The average Bonchev–Trinajstić information content (AvgIpc) is 3.10. The number of ether oxygens (including phenoxy) is 12. The minimum absolute atomic E-state index is 0.236. The van der Waals surface area contributed by atoms with E-state index in [0.29, 0.717) is 0 Å². The molecule has 4 N–H and O–H groups in total. The molecule has 0 radical (unpaired) electrons. The van der Waals surface area contributed by atoms with Gasteiger partial charge in [-0.15, -0.1) is 0 Å². The van der Waals surface area contributed by atoms with E-state index in [0.717, 1.165) is 60.4 Å². The zero-order valence-corrected chi connectivity index (χ0v) is 33.1. The highest BCUT2D eigenvalue weighted by atomic mass is 32.2. The lowest BCUT2D eigenvalue weighted by atomic mass is 9.96. The molecule has 24 heteroatoms. The summed E-state index contributed by atoms with van der Waals surface area (Å²) in [6.45, 7) is 5.85. The Bertz CT molecular complexity index is 1430. The van der Waals surface area contributed by atoms with Gasteiger partial charge < -0.3 is 72.2 Å². The van der Waals surface area contributed by atoms with Crippen LogP contribution >= 0.6 is 11.9 Å². The van der Waals surface area contributed by atoms with E-state index in [-0.39, 0.29) is 6.54 Å². The van der Waals surface area contributed by atoms with Crippen molar-refractivity contribution in [3.05, 3.63) is 0 Å². The molecule has 3 aliphatic rings. The van der Waals surface area contributed by atoms with Crippen LogP contribution < -0.4 is 4.72 Å². The van der Waals surface area contributed by atoms with Crippen LogP contribution in [0.15, 0.2) is 0 Å². The fourth-order valence-electron chi connectivity index (χ4n) is 6.06. The number of esters is 7. The van der Waals surface area contributed by atoms with Crippen LogP contribution in [-0.4, -0.2) is 175 Å². The zero-order chi connectivity index (χ0) is 42.7. The second-order valence-corrected chi connectivity index (χ2v) is 13.9. The molecule has 0 aromatic rings. The van der Waals surface area contributed by atoms with Crippen LogP contribution in [0.3, 0.4) is 0 Å². The first-order valence-corrected chi connectivity index (χ1v) is 18.3. The van der Waals surface area contributed by atoms with Gasteiger partial charge in [0.25, 0.3) is 0 Å². The number of aliphatic hydroxyl groups is 3. The molecule has 0 aromatic carbocycles. The first-order valence-electron chi connectivity index (χ1n) is 17.4. The van der Waals surface area contributed by atoms with Gasteiger partial charge in [-0.25, -0.2) is 0 Å². The molecule has 0 spiro atoms. The Labute approximate surface area is 330 Å². The molecule has 15 atom stereocenters. The van der Waals surface area contributed by atoms with Crippen LogP contribution in [0.25, 0.3) is 0 Å². The first-order chi connectivity index (χ1) is 26.7. The Balaban J connectivity index is 2.07. The minimum atomic E-state index is -1.85. The Hall–Kier alpha value is -3.72. The van der Waals surface area contributed by atoms with Gasteiger partial charge in [0.2, 0.25) is 0 Å². The third kappa shape index (κ3) is 13.7. The number of methoxy groups -OCH3 is 1. The third-order valence-electron chi connectivity index (χ3n) is 8.27. The highest BCUT2D eigenvalue weighted by Crippen LogP contribution is 2.37. The fraction of sp³-hybridized carbons (Fsp3) is 0.788. The molecular formula is C33H49NO22S. The molecule has 3 saturated heterocycles. The summed E-state index contributed by atoms with van der Waals surface area (Å²) in [5.41, 5.74) is -1.33. The van der Waals surface area contributed by atoms with E-state index in [1.165, 1.54) is 7.11 Å². The maximum absolute atomic E-state index is 12.6. The van der Waals surface area contributed by atoms with Gasteiger partial charge in [-0.3, -0.25) is 38.3 Å². The summed E-state index contributed by atoms with van der Waals surface area (Å²) in [6.07, 6.45) is -21.8. The van der Waals surface area contributed by atoms with E-state index in [9.17, 15) is 48.9 Å². The molecule has 324 valence electrons. The van der Waals surface area contributed by atoms with Crippen LogP contribution in [0.4, 0.5) is 0 Å². The average molecular weight is 844 g/mol. The predicted octanol–water partition coefficient (Wildman–Crippen LogP) is -2.70. The highest BCUT2D eigenvalue weighted by Gasteiger charge is 2.57. The van der Waals surface area contributed by atoms with Gasteiger partial charge in [-0.1, -0.05) is 0 Å². The van der Waals surface area contributed by atoms with Crippen molar-refractivity contribution in [3.63, 3.8) is 0 Å². The van der Waals surface area contributed by atoms with Gasteiger partial charge in [-0.2, -0.15) is 0 Å². The normalized spacial score (nSPS) is 35.2. The van der Waals surface area contributed by atoms with Crippen LogP contribution in [0, 0.1) is 0 Å². The lowest BCUT2D eigenvalue weighted by Crippen LogP contribution is -2.67. The summed E-state index contributed by atoms with van der Waals surface area (Å²) in [5.74, 6) is -6.13. The van der Waals surface area contributed by atoms with Crippen LogP contribution in [-0.2, 0) is 90.4 Å². The molecule has 0 aromatic heterocycles. The van der Waals surface area contributed by atoms with Gasteiger partial charge in [0.05, 0.1) is 0 Å². The number of aliphatic hydroxyl groups excluding tert-OH is 3. The Morgan fingerprint density at radius 1 is 0.509 bits per heavy atom. The summed E-state index contributed by atoms with van der Waals surface area (Å²) in [7, 11) is 1.22. The molecule has 3 rings (SSSR count). The number of carbonyl (C=O) groups is 7. The molecule has 0 amide bonds. The lowest BCUT2D eigenvalue weighted by Gasteiger charge is -2.48. The monoisotopic (exact) mass is 843 g/mol. The van der Waals surface area contributed by atoms with Crippen LogP contribution in [0.5, 0.6) is 0 Å². The van der Waals surface area contributed by atoms with E-state index >= 15 is 0 Å². The van der Waals surface area contributed by atoms with Crippen molar-refractivity contribution < 1.29 is 106 Å². The molecule has 0 saturated carbocycles. The standard InChI is InChI=1S/C33H49NO22S/c1-12(35)46-10-20-25(48-14(3)37)27(49-15(4)38)29(51-17(6)40)32(54-20)56-26-21(11-47-13(2)36)55-33(30(52-18(7)41)28(26)50-16(5)39)57-34-9-19-22(42)23(43)24(44)31(45-8)53-19/h19-34,42-44H,9-11H2,1-8H3/t19-,20-,21-,22-,23+,24-,25-,26-,27+,28+,29-,30-,31+,32-,33+/m1/s1. The summed E-state index contributed by atoms with van der Waals surface area (Å²) in [6, 6.07) is 0. The molecule has 3 aliphatic heterocycles. The first kappa shape index (κ1) is 47.7. The summed E-state index contributed by atoms with van der Waals surface area (Å²) >= 11 is 0.735. The van der Waals surface area contributed by atoms with Crippen molar-refractivity contribution in [2.75, 3.05) is 26.9 Å². The van der Waals surface area contributed by atoms with Gasteiger partial charge in [0.15, 0.2) is 48.5 Å². The van der Waals surface area contributed by atoms with Crippen LogP contribution in [0.1, 0.15) is 48.5 Å². The van der Waals surface area contributed by atoms with Gasteiger partial charge in [0, 0.05) is 62.1 Å². The molecular weight excluding hydrogens is 794 g/mol. The molecule has 3 fully saturated rings. The highest BCUT2D eigenvalue weighted by molar-refractivity contribution is 7.97. The largest absolute Gasteiger partial charge is 0.463 e. The van der Waals surface area contributed by atoms with E-state index in [1.807, 2.05) is 0 Å². The van der Waals surface area contributed by atoms with Gasteiger partial charge in [-0.05, 0) is 11.9 Å². The van der Waals surface area contributed by atoms with E-state index in [2.05, 4.69) is 4.72 Å². The minimum Gasteiger partial charge on any atom is -0.463 e. The zero-order valence-electron chi connectivity index (χ0n) is 32.3. The van der Waals surface area contributed by atoms with E-state index in [4.69, 9.17) is 56.8 Å². The second kappa shape index (κ2) is 21.9. The summed E-state index contributed by atoms with van der Waals surface area (Å²) in [4.78, 5) is 86.0. The lowest BCUT2D eigenvalue weighted by molar-refractivity contribution is -0.341. The Kier molecular flexibility index (Phi) is 18.3. The number of hydrogen-bond donors (Lipinski definition) is 4. The quantitative estimate of drug-likeness (QED) is 0.0698. The number of nitrogens with one attached hydrogen (secondary N) is 1. The number of rotatable bonds is 16. The maximum Gasteiger partial charge on any atom is 0.303 e. The summed E-state index contributed by atoms with van der Waals surface area (Å²) < 4.78 is 70.0. The van der Waals surface area contributed by atoms with E-state index < -0.39 is 146 Å². The van der Waals surface area contributed by atoms with Crippen molar-refractivity contribution in [1.29, 1.82) is 0 Å². The fourth-order valence-corrected chi connectivity index (χ4v) is 7.03. The number of hydrogen-bond acceptors (Lipinski definition) is 24. The topological polar surface area (TPSA) is 303 Å². The smallest absolute Gasteiger partial charge is 0.303 e. The Morgan fingerprint density at radius 3 is 1.44 bits per heavy atom. The van der Waals surface area contributed by atoms with Gasteiger partial charge >= 0.3 is 41.8 Å². The van der Waals surface area contributed by atoms with Crippen molar-refractivity contribution in [3.8, 4) is 0 Å². The Morgan fingerprint density at radius 2 is 0.947 bits per heavy atom. The molecule has 0 aliphatic carbocycles. The molecule has 57 heavy (non-hydrogen) atoms. The van der Waals surface area contributed by atoms with Crippen molar-refractivity contribution in [2.45, 2.75) is 140 Å². The maximum atomic E-state index is 12.6. The third-order valence-corrected chi connectivity index (χ3v) is 9.22. The number of carbonyl (C=O) groups excluding carboxylic acids is 7. The molecule has 0 unspecified atom stereocenters. The molecule has 3 heterocycles. The summed E-state index contributed by atoms with van der Waals surface area (Å²) in [5, 5.41) is 30.9. The van der Waals surface area contributed by atoms with Crippen molar-refractivity contribution in [2.24, 2.45) is 0 Å². The van der Waals surface area contributed by atoms with Crippen LogP contribution in [0.2, 0.25) is 0 Å². The SMILES string of the molecule is CO[C@H]1O[C@H](CNS[C@@H]2O[C@H](COC(C)=O)[C@@H](O[C@H]3O[C@H](COC(C)=O)[C@@H](OC(C)=O)[C@H](OC(C)=O)[C@H]3OC(C)=O)[C@H](OC(C)=O)[C@H]2OC(C)=O)[C@@H](O)[C@H](O)[C@H]1O. The van der Waals surface area contributed by atoms with Crippen molar-refractivity contribution >= 4 is 53.7 Å². The molecule has 0 bridgehead atoms. The van der Waals surface area contributed by atoms with Gasteiger partial charge in [0.1, 0.15) is 55.9 Å². The van der Waals surface area contributed by atoms with E-state index in [1.54, 1.807) is 0 Å².